The monoisotopic (exact) mass is 209 g/mol. The van der Waals surface area contributed by atoms with E-state index in [1.165, 1.54) is 6.07 Å². The molecule has 0 N–H and O–H groups in total. The maximum absolute atomic E-state index is 13.0. The van der Waals surface area contributed by atoms with E-state index in [2.05, 4.69) is 10.0 Å². The topological polar surface area (TPSA) is 65.8 Å². The minimum absolute atomic E-state index is 0.348. The van der Waals surface area contributed by atoms with Gasteiger partial charge in [-0.25, -0.2) is 8.78 Å². The van der Waals surface area contributed by atoms with Crippen molar-refractivity contribution < 1.29 is 13.6 Å². The van der Waals surface area contributed by atoms with Crippen LogP contribution in [0.1, 0.15) is 5.56 Å². The Kier molecular flexibility index (Phi) is 3.54. The van der Waals surface area contributed by atoms with Crippen molar-refractivity contribution >= 4 is 12.0 Å². The summed E-state index contributed by atoms with van der Waals surface area (Å²) in [4.78, 5) is 12.9. The first-order valence-electron chi connectivity index (χ1n) is 3.86. The molecule has 1 rings (SSSR count). The average Bonchev–Trinajstić information content (AvgIpc) is 2.17. The summed E-state index contributed by atoms with van der Waals surface area (Å²) in [6.45, 7) is 0. The number of nitrogens with zero attached hydrogens (tertiary/aromatic N) is 3. The molecule has 4 nitrogen and oxygen atoms in total. The standard InChI is InChI=1S/C9H5F2N3O/c10-7-2-1-3-8(11)6(7)4-5-9(15)13-14-12/h1-5H/b5-4-. The van der Waals surface area contributed by atoms with Crippen LogP contribution in [-0.4, -0.2) is 5.91 Å². The van der Waals surface area contributed by atoms with Crippen LogP contribution in [0.15, 0.2) is 29.4 Å². The molecule has 1 aromatic rings. The van der Waals surface area contributed by atoms with Gasteiger partial charge in [0.2, 0.25) is 5.91 Å². The zero-order valence-corrected chi connectivity index (χ0v) is 7.39. The highest BCUT2D eigenvalue weighted by Gasteiger charge is 2.04. The van der Waals surface area contributed by atoms with Gasteiger partial charge < -0.3 is 0 Å². The Morgan fingerprint density at radius 1 is 1.40 bits per heavy atom. The van der Waals surface area contributed by atoms with Crippen LogP contribution in [0.25, 0.3) is 16.5 Å². The average molecular weight is 209 g/mol. The molecule has 0 saturated carbocycles. The number of benzene rings is 1. The van der Waals surface area contributed by atoms with E-state index in [9.17, 15) is 13.6 Å². The van der Waals surface area contributed by atoms with E-state index in [4.69, 9.17) is 5.53 Å². The third-order valence-electron chi connectivity index (χ3n) is 1.54. The molecule has 0 spiro atoms. The highest BCUT2D eigenvalue weighted by molar-refractivity contribution is 5.92. The summed E-state index contributed by atoms with van der Waals surface area (Å²) >= 11 is 0. The SMILES string of the molecule is [N-]=[N+]=NC(=O)/C=C\c1c(F)cccc1F. The van der Waals surface area contributed by atoms with E-state index in [1.54, 1.807) is 0 Å². The van der Waals surface area contributed by atoms with Gasteiger partial charge in [0.25, 0.3) is 0 Å². The molecule has 0 fully saturated rings. The van der Waals surface area contributed by atoms with Crippen LogP contribution < -0.4 is 0 Å². The summed E-state index contributed by atoms with van der Waals surface area (Å²) in [6, 6.07) is 3.32. The maximum Gasteiger partial charge on any atom is 0.242 e. The number of azide groups is 1. The van der Waals surface area contributed by atoms with Gasteiger partial charge in [0, 0.05) is 10.5 Å². The molecular weight excluding hydrogens is 204 g/mol. The summed E-state index contributed by atoms with van der Waals surface area (Å²) in [6.07, 6.45) is 1.71. The zero-order valence-electron chi connectivity index (χ0n) is 7.39. The number of carbonyl (C=O) groups excluding carboxylic acids is 1. The van der Waals surface area contributed by atoms with Crippen molar-refractivity contribution in [3.05, 3.63) is 51.9 Å². The second kappa shape index (κ2) is 4.88. The van der Waals surface area contributed by atoms with Crippen molar-refractivity contribution in [3.63, 3.8) is 0 Å². The Bertz CT molecular complexity index is 444. The van der Waals surface area contributed by atoms with Gasteiger partial charge in [-0.15, -0.1) is 0 Å². The van der Waals surface area contributed by atoms with Crippen LogP contribution >= 0.6 is 0 Å². The molecular formula is C9H5F2N3O. The molecule has 1 amide bonds. The third kappa shape index (κ3) is 2.89. The molecule has 1 aromatic carbocycles. The number of hydrogen-bond donors (Lipinski definition) is 0. The second-order valence-corrected chi connectivity index (χ2v) is 2.50. The predicted octanol–water partition coefficient (Wildman–Crippen LogP) is 2.81. The van der Waals surface area contributed by atoms with Crippen molar-refractivity contribution in [1.82, 2.24) is 0 Å². The van der Waals surface area contributed by atoms with Crippen LogP contribution in [0.4, 0.5) is 8.78 Å². The maximum atomic E-state index is 13.0. The smallest absolute Gasteiger partial charge is 0.242 e. The van der Waals surface area contributed by atoms with Crippen molar-refractivity contribution in [1.29, 1.82) is 0 Å². The van der Waals surface area contributed by atoms with Gasteiger partial charge in [0.1, 0.15) is 11.6 Å². The first-order chi connectivity index (χ1) is 7.15. The molecule has 0 bridgehead atoms. The Morgan fingerprint density at radius 2 is 2.00 bits per heavy atom. The van der Waals surface area contributed by atoms with Crippen molar-refractivity contribution in [2.24, 2.45) is 5.11 Å². The molecule has 6 heteroatoms. The van der Waals surface area contributed by atoms with E-state index < -0.39 is 17.5 Å². The molecule has 15 heavy (non-hydrogen) atoms. The van der Waals surface area contributed by atoms with Gasteiger partial charge in [-0.1, -0.05) is 6.07 Å². The molecule has 0 aromatic heterocycles. The van der Waals surface area contributed by atoms with Crippen molar-refractivity contribution in [2.45, 2.75) is 0 Å². The first-order valence-corrected chi connectivity index (χ1v) is 3.86. The molecule has 0 atom stereocenters. The Balaban J connectivity index is 2.99. The molecule has 0 aliphatic rings. The lowest BCUT2D eigenvalue weighted by atomic mass is 10.2. The van der Waals surface area contributed by atoms with Crippen LogP contribution in [-0.2, 0) is 4.79 Å². The Hall–Kier alpha value is -2.20. The van der Waals surface area contributed by atoms with Gasteiger partial charge >= 0.3 is 0 Å². The summed E-state index contributed by atoms with van der Waals surface area (Å²) in [5.74, 6) is -2.50. The van der Waals surface area contributed by atoms with Gasteiger partial charge in [-0.2, -0.15) is 0 Å². The fourth-order valence-electron chi connectivity index (χ4n) is 0.902. The van der Waals surface area contributed by atoms with Crippen LogP contribution in [0, 0.1) is 11.6 Å². The Labute approximate surface area is 83.5 Å². The normalized spacial score (nSPS) is 10.0. The molecule has 76 valence electrons. The summed E-state index contributed by atoms with van der Waals surface area (Å²) in [5, 5.41) is 2.71. The first kappa shape index (κ1) is 10.9. The predicted molar refractivity (Wildman–Crippen MR) is 49.5 cm³/mol. The van der Waals surface area contributed by atoms with Crippen molar-refractivity contribution in [2.75, 3.05) is 0 Å². The molecule has 0 radical (unpaired) electrons. The highest BCUT2D eigenvalue weighted by Crippen LogP contribution is 2.13. The number of rotatable bonds is 2. The van der Waals surface area contributed by atoms with Crippen molar-refractivity contribution in [3.8, 4) is 0 Å². The van der Waals surface area contributed by atoms with Crippen LogP contribution in [0.5, 0.6) is 0 Å². The fourth-order valence-corrected chi connectivity index (χ4v) is 0.902. The van der Waals surface area contributed by atoms with E-state index in [1.807, 2.05) is 0 Å². The second-order valence-electron chi connectivity index (χ2n) is 2.50. The molecule has 0 aliphatic heterocycles. The number of halogens is 2. The summed E-state index contributed by atoms with van der Waals surface area (Å²) < 4.78 is 26.0. The molecule has 0 heterocycles. The van der Waals surface area contributed by atoms with E-state index in [0.717, 1.165) is 24.3 Å². The number of carbonyl (C=O) groups is 1. The van der Waals surface area contributed by atoms with Gasteiger partial charge in [-0.3, -0.25) is 4.79 Å². The highest BCUT2D eigenvalue weighted by atomic mass is 19.1. The van der Waals surface area contributed by atoms with Gasteiger partial charge in [0.05, 0.1) is 0 Å². The lowest BCUT2D eigenvalue weighted by Gasteiger charge is -1.96. The third-order valence-corrected chi connectivity index (χ3v) is 1.54. The molecule has 0 unspecified atom stereocenters. The molecule has 0 saturated heterocycles. The van der Waals surface area contributed by atoms with E-state index in [0.29, 0.717) is 0 Å². The lowest BCUT2D eigenvalue weighted by molar-refractivity contribution is -0.113. The summed E-state index contributed by atoms with van der Waals surface area (Å²) in [7, 11) is 0. The van der Waals surface area contributed by atoms with Gasteiger partial charge in [0.15, 0.2) is 0 Å². The van der Waals surface area contributed by atoms with Crippen LogP contribution in [0.3, 0.4) is 0 Å². The van der Waals surface area contributed by atoms with E-state index in [-0.39, 0.29) is 5.56 Å². The number of hydrogen-bond acceptors (Lipinski definition) is 1. The Morgan fingerprint density at radius 3 is 2.53 bits per heavy atom. The summed E-state index contributed by atoms with van der Waals surface area (Å²) in [5.41, 5.74) is 7.55. The fraction of sp³-hybridized carbons (Fsp3) is 0. The lowest BCUT2D eigenvalue weighted by Crippen LogP contribution is -1.89. The van der Waals surface area contributed by atoms with E-state index >= 15 is 0 Å². The quantitative estimate of drug-likeness (QED) is 0.319. The minimum Gasteiger partial charge on any atom is -0.288 e. The minimum atomic E-state index is -0.917. The largest absolute Gasteiger partial charge is 0.288 e. The van der Waals surface area contributed by atoms with Crippen LogP contribution in [0.2, 0.25) is 0 Å². The van der Waals surface area contributed by atoms with Gasteiger partial charge in [-0.05, 0) is 34.9 Å². The zero-order chi connectivity index (χ0) is 11.3. The number of amides is 1. The molecule has 0 aliphatic carbocycles.